The summed E-state index contributed by atoms with van der Waals surface area (Å²) in [5.41, 5.74) is 0.0147. The maximum Gasteiger partial charge on any atom is 0.326 e. The molecule has 0 aromatic heterocycles. The molecule has 0 heterocycles. The zero-order valence-corrected chi connectivity index (χ0v) is 12.7. The summed E-state index contributed by atoms with van der Waals surface area (Å²) in [6.45, 7) is 2.46. The second-order valence-corrected chi connectivity index (χ2v) is 5.83. The normalized spacial score (nSPS) is 18.8. The van der Waals surface area contributed by atoms with Gasteiger partial charge in [0.15, 0.2) is 0 Å². The Morgan fingerprint density at radius 2 is 1.90 bits per heavy atom. The Bertz CT molecular complexity index is 339. The third-order valence-corrected chi connectivity index (χ3v) is 4.24. The van der Waals surface area contributed by atoms with Crippen LogP contribution in [-0.2, 0) is 4.79 Å². The molecule has 20 heavy (non-hydrogen) atoms. The fourth-order valence-electron chi connectivity index (χ4n) is 2.82. The van der Waals surface area contributed by atoms with Crippen LogP contribution in [0.15, 0.2) is 0 Å². The van der Waals surface area contributed by atoms with E-state index in [1.807, 2.05) is 21.0 Å². The third kappa shape index (κ3) is 4.37. The van der Waals surface area contributed by atoms with Gasteiger partial charge in [-0.2, -0.15) is 0 Å². The van der Waals surface area contributed by atoms with E-state index in [0.29, 0.717) is 13.0 Å². The fourth-order valence-corrected chi connectivity index (χ4v) is 2.82. The second-order valence-electron chi connectivity index (χ2n) is 5.83. The van der Waals surface area contributed by atoms with Crippen LogP contribution in [0.3, 0.4) is 0 Å². The second kappa shape index (κ2) is 7.47. The number of nitrogens with zero attached hydrogens (tertiary/aromatic N) is 1. The first-order valence-corrected chi connectivity index (χ1v) is 7.36. The Kier molecular flexibility index (Phi) is 6.26. The number of amides is 2. The summed E-state index contributed by atoms with van der Waals surface area (Å²) in [7, 11) is 4.06. The van der Waals surface area contributed by atoms with E-state index in [9.17, 15) is 9.59 Å². The van der Waals surface area contributed by atoms with Crippen LogP contribution in [0.4, 0.5) is 4.79 Å². The molecule has 0 unspecified atom stereocenters. The molecule has 0 saturated heterocycles. The SMILES string of the molecule is CCC[C@@H](NC(=O)NCC1(N(C)C)CCCC1)C(=O)O. The molecule has 6 heteroatoms. The van der Waals surface area contributed by atoms with Crippen LogP contribution < -0.4 is 10.6 Å². The molecule has 6 nitrogen and oxygen atoms in total. The zero-order valence-electron chi connectivity index (χ0n) is 12.7. The maximum absolute atomic E-state index is 11.9. The van der Waals surface area contributed by atoms with E-state index >= 15 is 0 Å². The number of likely N-dealkylation sites (N-methyl/N-ethyl adjacent to an activating group) is 1. The quantitative estimate of drug-likeness (QED) is 0.660. The van der Waals surface area contributed by atoms with E-state index < -0.39 is 12.0 Å². The Morgan fingerprint density at radius 1 is 1.30 bits per heavy atom. The van der Waals surface area contributed by atoms with E-state index in [1.165, 1.54) is 12.8 Å². The largest absolute Gasteiger partial charge is 0.480 e. The number of carbonyl (C=O) groups is 2. The molecule has 1 atom stereocenters. The molecule has 0 bridgehead atoms. The first-order chi connectivity index (χ1) is 9.41. The summed E-state index contributed by atoms with van der Waals surface area (Å²) in [6, 6.07) is -1.20. The van der Waals surface area contributed by atoms with Crippen LogP contribution >= 0.6 is 0 Å². The first-order valence-electron chi connectivity index (χ1n) is 7.36. The Morgan fingerprint density at radius 3 is 2.35 bits per heavy atom. The number of carboxylic acid groups (broad SMARTS) is 1. The molecular formula is C14H27N3O3. The lowest BCUT2D eigenvalue weighted by atomic mass is 9.96. The van der Waals surface area contributed by atoms with Crippen molar-refractivity contribution in [2.24, 2.45) is 0 Å². The summed E-state index contributed by atoms with van der Waals surface area (Å²) < 4.78 is 0. The van der Waals surface area contributed by atoms with Crippen LogP contribution in [0.1, 0.15) is 45.4 Å². The molecule has 1 aliphatic rings. The van der Waals surface area contributed by atoms with Crippen LogP contribution in [0, 0.1) is 0 Å². The first kappa shape index (κ1) is 16.8. The van der Waals surface area contributed by atoms with Gasteiger partial charge in [-0.15, -0.1) is 0 Å². The minimum absolute atomic E-state index is 0.0147. The van der Waals surface area contributed by atoms with Crippen LogP contribution in [-0.4, -0.2) is 54.2 Å². The average molecular weight is 285 g/mol. The monoisotopic (exact) mass is 285 g/mol. The zero-order chi connectivity index (χ0) is 15.2. The molecule has 0 aliphatic heterocycles. The smallest absolute Gasteiger partial charge is 0.326 e. The van der Waals surface area contributed by atoms with Crippen LogP contribution in [0.25, 0.3) is 0 Å². The van der Waals surface area contributed by atoms with Gasteiger partial charge in [-0.05, 0) is 33.4 Å². The predicted octanol–water partition coefficient (Wildman–Crippen LogP) is 1.41. The van der Waals surface area contributed by atoms with Gasteiger partial charge >= 0.3 is 12.0 Å². The number of carbonyl (C=O) groups excluding carboxylic acids is 1. The molecule has 1 rings (SSSR count). The van der Waals surface area contributed by atoms with Gasteiger partial charge in [0.05, 0.1) is 0 Å². The molecule has 116 valence electrons. The summed E-state index contributed by atoms with van der Waals surface area (Å²) in [6.07, 6.45) is 5.65. The minimum atomic E-state index is -0.981. The lowest BCUT2D eigenvalue weighted by molar-refractivity contribution is -0.139. The molecule has 0 spiro atoms. The number of nitrogens with one attached hydrogen (secondary N) is 2. The third-order valence-electron chi connectivity index (χ3n) is 4.24. The fraction of sp³-hybridized carbons (Fsp3) is 0.857. The van der Waals surface area contributed by atoms with Crippen LogP contribution in [0.5, 0.6) is 0 Å². The van der Waals surface area contributed by atoms with Crippen molar-refractivity contribution in [1.82, 2.24) is 15.5 Å². The number of hydrogen-bond donors (Lipinski definition) is 3. The summed E-state index contributed by atoms with van der Waals surface area (Å²) in [5, 5.41) is 14.4. The number of rotatable bonds is 7. The summed E-state index contributed by atoms with van der Waals surface area (Å²) in [5.74, 6) is -0.981. The number of urea groups is 1. The number of aliphatic carboxylic acids is 1. The van der Waals surface area contributed by atoms with Crippen molar-refractivity contribution in [2.45, 2.75) is 57.0 Å². The van der Waals surface area contributed by atoms with E-state index in [0.717, 1.165) is 19.3 Å². The molecular weight excluding hydrogens is 258 g/mol. The van der Waals surface area contributed by atoms with Gasteiger partial charge in [-0.3, -0.25) is 0 Å². The molecule has 2 amide bonds. The highest BCUT2D eigenvalue weighted by Crippen LogP contribution is 2.32. The van der Waals surface area contributed by atoms with Crippen molar-refractivity contribution in [2.75, 3.05) is 20.6 Å². The average Bonchev–Trinajstić information content (AvgIpc) is 2.86. The Hall–Kier alpha value is -1.30. The number of carboxylic acids is 1. The highest BCUT2D eigenvalue weighted by Gasteiger charge is 2.36. The van der Waals surface area contributed by atoms with Crippen molar-refractivity contribution in [3.63, 3.8) is 0 Å². The molecule has 1 fully saturated rings. The van der Waals surface area contributed by atoms with E-state index in [-0.39, 0.29) is 11.6 Å². The lowest BCUT2D eigenvalue weighted by Gasteiger charge is -2.36. The van der Waals surface area contributed by atoms with E-state index in [2.05, 4.69) is 15.5 Å². The standard InChI is InChI=1S/C14H27N3O3/c1-4-7-11(12(18)19)16-13(20)15-10-14(17(2)3)8-5-6-9-14/h11H,4-10H2,1-3H3,(H,18,19)(H2,15,16,20)/t11-/m1/s1. The van der Waals surface area contributed by atoms with Crippen LogP contribution in [0.2, 0.25) is 0 Å². The predicted molar refractivity (Wildman–Crippen MR) is 77.8 cm³/mol. The van der Waals surface area contributed by atoms with E-state index in [4.69, 9.17) is 5.11 Å². The molecule has 1 saturated carbocycles. The van der Waals surface area contributed by atoms with Gasteiger partial charge in [-0.1, -0.05) is 26.2 Å². The highest BCUT2D eigenvalue weighted by molar-refractivity contribution is 5.82. The topological polar surface area (TPSA) is 81.7 Å². The Balaban J connectivity index is 2.47. The van der Waals surface area contributed by atoms with E-state index in [1.54, 1.807) is 0 Å². The van der Waals surface area contributed by atoms with Gasteiger partial charge in [0.2, 0.25) is 0 Å². The van der Waals surface area contributed by atoms with Crippen molar-refractivity contribution < 1.29 is 14.7 Å². The molecule has 0 aromatic rings. The molecule has 0 aromatic carbocycles. The Labute approximate surface area is 120 Å². The van der Waals surface area contributed by atoms with Crippen molar-refractivity contribution in [3.8, 4) is 0 Å². The van der Waals surface area contributed by atoms with Crippen molar-refractivity contribution in [3.05, 3.63) is 0 Å². The molecule has 3 N–H and O–H groups in total. The van der Waals surface area contributed by atoms with Gasteiger partial charge in [0.25, 0.3) is 0 Å². The number of hydrogen-bond acceptors (Lipinski definition) is 3. The maximum atomic E-state index is 11.9. The highest BCUT2D eigenvalue weighted by atomic mass is 16.4. The molecule has 0 radical (unpaired) electrons. The van der Waals surface area contributed by atoms with Gasteiger partial charge in [0.1, 0.15) is 6.04 Å². The lowest BCUT2D eigenvalue weighted by Crippen LogP contribution is -2.54. The van der Waals surface area contributed by atoms with Gasteiger partial charge in [0, 0.05) is 12.1 Å². The molecule has 1 aliphatic carbocycles. The van der Waals surface area contributed by atoms with Crippen molar-refractivity contribution >= 4 is 12.0 Å². The summed E-state index contributed by atoms with van der Waals surface area (Å²) >= 11 is 0. The van der Waals surface area contributed by atoms with Gasteiger partial charge < -0.3 is 20.6 Å². The van der Waals surface area contributed by atoms with Crippen molar-refractivity contribution in [1.29, 1.82) is 0 Å². The summed E-state index contributed by atoms with van der Waals surface area (Å²) in [4.78, 5) is 25.0. The minimum Gasteiger partial charge on any atom is -0.480 e. The van der Waals surface area contributed by atoms with Gasteiger partial charge in [-0.25, -0.2) is 9.59 Å².